The van der Waals surface area contributed by atoms with Crippen molar-refractivity contribution in [3.05, 3.63) is 52.2 Å². The largest absolute Gasteiger partial charge is 0.506 e. The highest BCUT2D eigenvalue weighted by Gasteiger charge is 2.37. The van der Waals surface area contributed by atoms with Gasteiger partial charge in [-0.15, -0.1) is 0 Å². The summed E-state index contributed by atoms with van der Waals surface area (Å²) in [5.74, 6) is -0.939. The Morgan fingerprint density at radius 3 is 2.65 bits per heavy atom. The van der Waals surface area contributed by atoms with Crippen LogP contribution in [-0.2, 0) is 9.59 Å². The van der Waals surface area contributed by atoms with Crippen molar-refractivity contribution in [1.29, 1.82) is 0 Å². The van der Waals surface area contributed by atoms with Crippen molar-refractivity contribution in [1.82, 2.24) is 0 Å². The number of anilines is 1. The second kappa shape index (κ2) is 4.61. The molecule has 1 aliphatic rings. The highest BCUT2D eigenvalue weighted by molar-refractivity contribution is 7.08. The zero-order valence-corrected chi connectivity index (χ0v) is 11.5. The maximum absolute atomic E-state index is 12.4. The minimum atomic E-state index is -0.484. The van der Waals surface area contributed by atoms with Gasteiger partial charge in [0.05, 0.1) is 11.3 Å². The number of carbonyl (C=O) groups excluding carboxylic acids is 2. The standard InChI is InChI=1S/C15H11NO3S/c1-9(17)16-12-5-3-2-4-11(12)13(15(16)19)14(18)10-6-7-20-8-10/h2-8,18H,1H3. The molecule has 0 saturated carbocycles. The van der Waals surface area contributed by atoms with Gasteiger partial charge in [0.2, 0.25) is 5.91 Å². The highest BCUT2D eigenvalue weighted by atomic mass is 32.1. The number of rotatable bonds is 1. The number of nitrogens with zero attached hydrogens (tertiary/aromatic N) is 1. The molecular formula is C15H11NO3S. The van der Waals surface area contributed by atoms with Gasteiger partial charge in [-0.3, -0.25) is 9.59 Å². The monoisotopic (exact) mass is 285 g/mol. The number of para-hydroxylation sites is 1. The van der Waals surface area contributed by atoms with Crippen LogP contribution in [0.4, 0.5) is 5.69 Å². The van der Waals surface area contributed by atoms with Gasteiger partial charge >= 0.3 is 0 Å². The Kier molecular flexibility index (Phi) is 2.91. The molecule has 1 aromatic heterocycles. The Bertz CT molecular complexity index is 731. The Morgan fingerprint density at radius 1 is 1.25 bits per heavy atom. The lowest BCUT2D eigenvalue weighted by molar-refractivity contribution is -0.122. The summed E-state index contributed by atoms with van der Waals surface area (Å²) in [6.07, 6.45) is 0. The quantitative estimate of drug-likeness (QED) is 0.647. The average molecular weight is 285 g/mol. The van der Waals surface area contributed by atoms with Gasteiger partial charge in [-0.2, -0.15) is 11.3 Å². The molecule has 0 bridgehead atoms. The minimum Gasteiger partial charge on any atom is -0.506 e. The molecule has 0 unspecified atom stereocenters. The van der Waals surface area contributed by atoms with Crippen LogP contribution in [0.25, 0.3) is 11.3 Å². The van der Waals surface area contributed by atoms with Gasteiger partial charge < -0.3 is 5.11 Å². The van der Waals surface area contributed by atoms with E-state index in [4.69, 9.17) is 0 Å². The first-order valence-corrected chi connectivity index (χ1v) is 6.95. The van der Waals surface area contributed by atoms with Crippen molar-refractivity contribution in [2.75, 3.05) is 4.90 Å². The zero-order valence-electron chi connectivity index (χ0n) is 10.7. The molecule has 0 aliphatic carbocycles. The molecule has 2 heterocycles. The van der Waals surface area contributed by atoms with Gasteiger partial charge in [0, 0.05) is 23.4 Å². The molecule has 1 aromatic carbocycles. The number of aliphatic hydroxyl groups excluding tert-OH is 1. The SMILES string of the molecule is CC(=O)N1C(=O)C(=C(O)c2ccsc2)c2ccccc21. The van der Waals surface area contributed by atoms with E-state index in [1.54, 1.807) is 35.7 Å². The molecule has 2 amide bonds. The molecular weight excluding hydrogens is 274 g/mol. The number of amides is 2. The molecule has 0 fully saturated rings. The van der Waals surface area contributed by atoms with Gasteiger partial charge in [-0.05, 0) is 17.5 Å². The van der Waals surface area contributed by atoms with Gasteiger partial charge in [-0.25, -0.2) is 4.90 Å². The van der Waals surface area contributed by atoms with E-state index in [-0.39, 0.29) is 17.2 Å². The van der Waals surface area contributed by atoms with Gasteiger partial charge in [0.15, 0.2) is 0 Å². The van der Waals surface area contributed by atoms with Crippen molar-refractivity contribution in [2.24, 2.45) is 0 Å². The molecule has 100 valence electrons. The zero-order chi connectivity index (χ0) is 14.3. The normalized spacial score (nSPS) is 16.2. The summed E-state index contributed by atoms with van der Waals surface area (Å²) in [5.41, 5.74) is 1.85. The number of carbonyl (C=O) groups is 2. The molecule has 0 saturated heterocycles. The predicted octanol–water partition coefficient (Wildman–Crippen LogP) is 3.07. The highest BCUT2D eigenvalue weighted by Crippen LogP contribution is 2.40. The van der Waals surface area contributed by atoms with Crippen LogP contribution in [0.3, 0.4) is 0 Å². The van der Waals surface area contributed by atoms with Crippen LogP contribution in [0.15, 0.2) is 41.1 Å². The predicted molar refractivity (Wildman–Crippen MR) is 78.4 cm³/mol. The first-order valence-electron chi connectivity index (χ1n) is 6.01. The van der Waals surface area contributed by atoms with Gasteiger partial charge in [0.1, 0.15) is 5.76 Å². The molecule has 2 aromatic rings. The molecule has 3 rings (SSSR count). The fourth-order valence-electron chi connectivity index (χ4n) is 2.30. The van der Waals surface area contributed by atoms with E-state index in [0.717, 1.165) is 4.90 Å². The minimum absolute atomic E-state index is 0.0903. The fraction of sp³-hybridized carbons (Fsp3) is 0.0667. The average Bonchev–Trinajstić information content (AvgIpc) is 3.02. The van der Waals surface area contributed by atoms with Crippen molar-refractivity contribution >= 4 is 40.2 Å². The van der Waals surface area contributed by atoms with Crippen LogP contribution in [0.1, 0.15) is 18.1 Å². The number of benzene rings is 1. The molecule has 4 nitrogen and oxygen atoms in total. The maximum atomic E-state index is 12.4. The summed E-state index contributed by atoms with van der Waals surface area (Å²) in [5, 5.41) is 13.9. The van der Waals surface area contributed by atoms with Crippen molar-refractivity contribution < 1.29 is 14.7 Å². The summed E-state index contributed by atoms with van der Waals surface area (Å²) >= 11 is 1.43. The topological polar surface area (TPSA) is 57.6 Å². The fourth-order valence-corrected chi connectivity index (χ4v) is 2.94. The van der Waals surface area contributed by atoms with Gasteiger partial charge in [0.25, 0.3) is 5.91 Å². The molecule has 1 N–H and O–H groups in total. The first kappa shape index (κ1) is 12.6. The van der Waals surface area contributed by atoms with E-state index < -0.39 is 5.91 Å². The Hall–Kier alpha value is -2.40. The summed E-state index contributed by atoms with van der Waals surface area (Å²) in [7, 11) is 0. The van der Waals surface area contributed by atoms with E-state index >= 15 is 0 Å². The van der Waals surface area contributed by atoms with Crippen molar-refractivity contribution in [3.8, 4) is 0 Å². The van der Waals surface area contributed by atoms with Crippen LogP contribution in [-0.4, -0.2) is 16.9 Å². The van der Waals surface area contributed by atoms with E-state index in [2.05, 4.69) is 0 Å². The van der Waals surface area contributed by atoms with Crippen LogP contribution >= 0.6 is 11.3 Å². The Labute approximate surface area is 119 Å². The van der Waals surface area contributed by atoms with Crippen LogP contribution < -0.4 is 4.90 Å². The third-order valence-corrected chi connectivity index (χ3v) is 3.86. The van der Waals surface area contributed by atoms with Crippen molar-refractivity contribution in [3.63, 3.8) is 0 Å². The van der Waals surface area contributed by atoms with E-state index in [0.29, 0.717) is 16.8 Å². The number of aliphatic hydroxyl groups is 1. The van der Waals surface area contributed by atoms with Crippen LogP contribution in [0.5, 0.6) is 0 Å². The number of thiophene rings is 1. The number of hydrogen-bond acceptors (Lipinski definition) is 4. The lowest BCUT2D eigenvalue weighted by Gasteiger charge is -2.11. The number of fused-ring (bicyclic) bond motifs is 1. The summed E-state index contributed by atoms with van der Waals surface area (Å²) in [6, 6.07) is 8.69. The van der Waals surface area contributed by atoms with Gasteiger partial charge in [-0.1, -0.05) is 18.2 Å². The van der Waals surface area contributed by atoms with Crippen LogP contribution in [0, 0.1) is 0 Å². The molecule has 5 heteroatoms. The molecule has 1 aliphatic heterocycles. The summed E-state index contributed by atoms with van der Waals surface area (Å²) < 4.78 is 0. The second-order valence-electron chi connectivity index (χ2n) is 4.41. The van der Waals surface area contributed by atoms with E-state index in [1.165, 1.54) is 18.3 Å². The summed E-state index contributed by atoms with van der Waals surface area (Å²) in [6.45, 7) is 1.33. The number of hydrogen-bond donors (Lipinski definition) is 1. The van der Waals surface area contributed by atoms with Crippen LogP contribution in [0.2, 0.25) is 0 Å². The Morgan fingerprint density at radius 2 is 2.00 bits per heavy atom. The second-order valence-corrected chi connectivity index (χ2v) is 5.19. The smallest absolute Gasteiger partial charge is 0.269 e. The third-order valence-electron chi connectivity index (χ3n) is 3.18. The maximum Gasteiger partial charge on any atom is 0.269 e. The van der Waals surface area contributed by atoms with E-state index in [9.17, 15) is 14.7 Å². The Balaban J connectivity index is 2.26. The lowest BCUT2D eigenvalue weighted by atomic mass is 10.0. The molecule has 20 heavy (non-hydrogen) atoms. The lowest BCUT2D eigenvalue weighted by Crippen LogP contribution is -2.31. The summed E-state index contributed by atoms with van der Waals surface area (Å²) in [4.78, 5) is 25.2. The van der Waals surface area contributed by atoms with E-state index in [1.807, 2.05) is 5.38 Å². The molecule has 0 spiro atoms. The molecule has 0 atom stereocenters. The number of imide groups is 1. The first-order chi connectivity index (χ1) is 9.61. The van der Waals surface area contributed by atoms with Crippen molar-refractivity contribution in [2.45, 2.75) is 6.92 Å². The third kappa shape index (κ3) is 1.75. The molecule has 0 radical (unpaired) electrons.